The van der Waals surface area contributed by atoms with Gasteiger partial charge in [0, 0.05) is 112 Å². The monoisotopic (exact) mass is 1140 g/mol. The van der Waals surface area contributed by atoms with Gasteiger partial charge in [-0.25, -0.2) is 0 Å². The molecule has 5 radical (unpaired) electrons. The molecule has 0 amide bonds. The van der Waals surface area contributed by atoms with Crippen LogP contribution < -0.4 is 0 Å². The third-order valence-corrected chi connectivity index (χ3v) is 0. The fourth-order valence-corrected chi connectivity index (χ4v) is 0. The molecule has 0 nitrogen and oxygen atoms in total. The molecule has 0 aromatic carbocycles. The molecule has 0 aliphatic heterocycles. The molecule has 8 heteroatoms. The van der Waals surface area contributed by atoms with E-state index in [9.17, 15) is 0 Å². The Morgan fingerprint density at radius 3 is 0.250 bits per heavy atom. The van der Waals surface area contributed by atoms with Crippen molar-refractivity contribution < 1.29 is 112 Å². The Balaban J connectivity index is 0. The van der Waals surface area contributed by atoms with E-state index in [1.165, 1.54) is 0 Å². The summed E-state index contributed by atoms with van der Waals surface area (Å²) >= 11 is 0. The van der Waals surface area contributed by atoms with Crippen molar-refractivity contribution >= 4 is 52.8 Å². The van der Waals surface area contributed by atoms with Crippen LogP contribution in [0.15, 0.2) is 0 Å². The Morgan fingerprint density at radius 1 is 0.250 bits per heavy atom. The molecule has 0 saturated heterocycles. The molecule has 49 valence electrons. The summed E-state index contributed by atoms with van der Waals surface area (Å²) in [5, 5.41) is 0. The maximum absolute atomic E-state index is 0. The SMILES string of the molecule is [GeH4].[GeH4].[GeH4].[Ta].[Ta].[Ta].[Ta].[Ta]. The van der Waals surface area contributed by atoms with Crippen molar-refractivity contribution in [2.45, 2.75) is 0 Å². The smallest absolute Gasteiger partial charge is 0 e. The molecule has 0 aliphatic rings. The van der Waals surface area contributed by atoms with Gasteiger partial charge in [0.05, 0.1) is 0 Å². The molecule has 0 aromatic rings. The van der Waals surface area contributed by atoms with Gasteiger partial charge >= 0.3 is 52.8 Å². The molecule has 0 bridgehead atoms. The molecule has 0 heterocycles. The van der Waals surface area contributed by atoms with E-state index in [2.05, 4.69) is 0 Å². The maximum atomic E-state index is 0. The van der Waals surface area contributed by atoms with Crippen molar-refractivity contribution in [2.75, 3.05) is 0 Å². The fourth-order valence-electron chi connectivity index (χ4n) is 0. The van der Waals surface area contributed by atoms with E-state index in [4.69, 9.17) is 0 Å². The number of hydrogen-bond acceptors (Lipinski definition) is 0. The molecular formula is H12Ge3Ta5. The largest absolute Gasteiger partial charge is 0 e. The van der Waals surface area contributed by atoms with Crippen LogP contribution in [0.1, 0.15) is 0 Å². The quantitative estimate of drug-likeness (QED) is 0.216. The van der Waals surface area contributed by atoms with E-state index in [1.54, 1.807) is 0 Å². The summed E-state index contributed by atoms with van der Waals surface area (Å²) in [7, 11) is 0. The Labute approximate surface area is 161 Å². The van der Waals surface area contributed by atoms with E-state index in [-0.39, 0.29) is 165 Å². The second kappa shape index (κ2) is 55.7. The Bertz CT molecular complexity index is 7.64. The number of rotatable bonds is 0. The van der Waals surface area contributed by atoms with E-state index in [1.807, 2.05) is 0 Å². The van der Waals surface area contributed by atoms with Crippen molar-refractivity contribution in [2.24, 2.45) is 0 Å². The molecule has 0 spiro atoms. The predicted molar refractivity (Wildman–Crippen MR) is 34.0 cm³/mol. The summed E-state index contributed by atoms with van der Waals surface area (Å²) in [5.41, 5.74) is 0. The standard InChI is InChI=1S/3GeH4.5Ta/h3*1H4;;;;;. The average molecular weight is 1130 g/mol. The van der Waals surface area contributed by atoms with Gasteiger partial charge in [-0.2, -0.15) is 0 Å². The van der Waals surface area contributed by atoms with Gasteiger partial charge in [-0.15, -0.1) is 0 Å². The Hall–Kier alpha value is 5.33. The first-order chi connectivity index (χ1) is 0. The Kier molecular flexibility index (Phi) is 497. The molecule has 0 N–H and O–H groups in total. The van der Waals surface area contributed by atoms with Crippen LogP contribution in [0.2, 0.25) is 0 Å². The van der Waals surface area contributed by atoms with Gasteiger partial charge in [0.2, 0.25) is 0 Å². The summed E-state index contributed by atoms with van der Waals surface area (Å²) in [6.45, 7) is 0. The predicted octanol–water partition coefficient (Wildman–Crippen LogP) is -4.37. The number of hydrogen-bond donors (Lipinski definition) is 0. The van der Waals surface area contributed by atoms with Crippen LogP contribution in [0.3, 0.4) is 0 Å². The van der Waals surface area contributed by atoms with Crippen molar-refractivity contribution in [3.05, 3.63) is 0 Å². The van der Waals surface area contributed by atoms with E-state index in [0.29, 0.717) is 0 Å². The summed E-state index contributed by atoms with van der Waals surface area (Å²) in [6.07, 6.45) is 0. The van der Waals surface area contributed by atoms with E-state index in [0.717, 1.165) is 0 Å². The van der Waals surface area contributed by atoms with Crippen LogP contribution in [-0.4, -0.2) is 52.8 Å². The van der Waals surface area contributed by atoms with Crippen molar-refractivity contribution in [3.8, 4) is 0 Å². The van der Waals surface area contributed by atoms with Gasteiger partial charge in [0.1, 0.15) is 0 Å². The van der Waals surface area contributed by atoms with Gasteiger partial charge in [0.15, 0.2) is 0 Å². The zero-order valence-electron chi connectivity index (χ0n) is 2.24. The molecule has 0 aromatic heterocycles. The van der Waals surface area contributed by atoms with Crippen LogP contribution in [0.25, 0.3) is 0 Å². The van der Waals surface area contributed by atoms with Gasteiger partial charge in [0.25, 0.3) is 0 Å². The van der Waals surface area contributed by atoms with Gasteiger partial charge in [-0.1, -0.05) is 0 Å². The third-order valence-electron chi connectivity index (χ3n) is 0. The second-order valence-corrected chi connectivity index (χ2v) is 0. The van der Waals surface area contributed by atoms with Crippen LogP contribution in [0, 0.1) is 0 Å². The fraction of sp³-hybridized carbons (Fsp3) is 0. The normalized spacial score (nSPS) is 0. The molecule has 0 unspecified atom stereocenters. The molecular weight excluding hydrogens is 1120 g/mol. The minimum Gasteiger partial charge on any atom is 0 e. The van der Waals surface area contributed by atoms with Crippen molar-refractivity contribution in [1.29, 1.82) is 0 Å². The second-order valence-electron chi connectivity index (χ2n) is 0. The Morgan fingerprint density at radius 2 is 0.250 bits per heavy atom. The first-order valence-electron chi connectivity index (χ1n) is 0. The molecule has 0 atom stereocenters. The van der Waals surface area contributed by atoms with Crippen LogP contribution in [-0.2, 0) is 112 Å². The van der Waals surface area contributed by atoms with Gasteiger partial charge in [-0.3, -0.25) is 0 Å². The zero-order chi connectivity index (χ0) is 0. The van der Waals surface area contributed by atoms with E-state index < -0.39 is 0 Å². The summed E-state index contributed by atoms with van der Waals surface area (Å²) in [4.78, 5) is 0. The van der Waals surface area contributed by atoms with Crippen LogP contribution in [0.5, 0.6) is 0 Å². The summed E-state index contributed by atoms with van der Waals surface area (Å²) in [5.74, 6) is 0. The van der Waals surface area contributed by atoms with Crippen molar-refractivity contribution in [1.82, 2.24) is 0 Å². The topological polar surface area (TPSA) is 0 Å². The zero-order valence-corrected chi connectivity index (χ0v) is 18.3. The average Bonchev–Trinajstić information content (AvgIpc) is 0. The first-order valence-corrected chi connectivity index (χ1v) is 0. The molecule has 0 fully saturated rings. The van der Waals surface area contributed by atoms with E-state index >= 15 is 0 Å². The summed E-state index contributed by atoms with van der Waals surface area (Å²) in [6, 6.07) is 0. The minimum atomic E-state index is 0. The molecule has 0 rings (SSSR count). The van der Waals surface area contributed by atoms with Crippen molar-refractivity contribution in [3.63, 3.8) is 0 Å². The first kappa shape index (κ1) is 71.3. The minimum absolute atomic E-state index is 0. The molecule has 0 aliphatic carbocycles. The van der Waals surface area contributed by atoms with Crippen LogP contribution in [0.4, 0.5) is 0 Å². The van der Waals surface area contributed by atoms with Gasteiger partial charge in [-0.05, 0) is 0 Å². The third kappa shape index (κ3) is 42.6. The molecule has 0 saturated carbocycles. The van der Waals surface area contributed by atoms with Gasteiger partial charge < -0.3 is 0 Å². The summed E-state index contributed by atoms with van der Waals surface area (Å²) < 4.78 is 0. The maximum Gasteiger partial charge on any atom is 0 e. The molecule has 8 heavy (non-hydrogen) atoms. The van der Waals surface area contributed by atoms with Crippen LogP contribution >= 0.6 is 0 Å².